The van der Waals surface area contributed by atoms with Gasteiger partial charge in [-0.1, -0.05) is 52.3 Å². The Bertz CT molecular complexity index is 1180. The lowest BCUT2D eigenvalue weighted by Gasteiger charge is -2.27. The van der Waals surface area contributed by atoms with Crippen LogP contribution in [0.5, 0.6) is 0 Å². The van der Waals surface area contributed by atoms with E-state index in [0.29, 0.717) is 6.42 Å². The maximum atomic E-state index is 13.5. The minimum Gasteiger partial charge on any atom is -0.481 e. The molecule has 0 aliphatic rings. The van der Waals surface area contributed by atoms with Gasteiger partial charge >= 0.3 is 11.9 Å². The molecule has 0 aliphatic heterocycles. The monoisotopic (exact) mass is 545 g/mol. The van der Waals surface area contributed by atoms with Crippen LogP contribution in [0.1, 0.15) is 52.5 Å². The van der Waals surface area contributed by atoms with Crippen LogP contribution in [-0.2, 0) is 30.4 Å². The number of carboxylic acids is 2. The Balaban J connectivity index is 2.28. The molecule has 0 aliphatic carbocycles. The number of amides is 3. The molecule has 5 atom stereocenters. The Labute approximate surface area is 227 Å². The highest BCUT2D eigenvalue weighted by molar-refractivity contribution is 5.95. The molecular formula is C27H39N5O7. The summed E-state index contributed by atoms with van der Waals surface area (Å²) < 4.78 is 0. The molecule has 1 aromatic heterocycles. The van der Waals surface area contributed by atoms with Crippen LogP contribution in [0, 0.1) is 11.8 Å². The van der Waals surface area contributed by atoms with Crippen molar-refractivity contribution in [1.29, 1.82) is 0 Å². The molecule has 0 fully saturated rings. The number of benzene rings is 1. The lowest BCUT2D eigenvalue weighted by atomic mass is 9.97. The number of H-pyrrole nitrogens is 1. The molecule has 12 nitrogen and oxygen atoms in total. The standard InChI is InChI=1S/C27H39N5O7/c1-5-15(4)22(28)25(36)31-20(12-16-13-29-18-9-7-6-8-17(16)18)24(35)32-23(14(2)3)26(37)30-19(27(38)39)10-11-21(33)34/h6-9,13-15,19-20,22-23,29H,5,10-12,28H2,1-4H3,(H,30,37)(H,31,36)(H,32,35)(H,33,34)(H,38,39). The fourth-order valence-electron chi connectivity index (χ4n) is 4.09. The smallest absolute Gasteiger partial charge is 0.326 e. The summed E-state index contributed by atoms with van der Waals surface area (Å²) in [5.74, 6) is -5.09. The number of rotatable bonds is 15. The third-order valence-corrected chi connectivity index (χ3v) is 6.80. The summed E-state index contributed by atoms with van der Waals surface area (Å²) in [6, 6.07) is 2.98. The highest BCUT2D eigenvalue weighted by Gasteiger charge is 2.33. The van der Waals surface area contributed by atoms with Crippen LogP contribution in [0.3, 0.4) is 0 Å². The lowest BCUT2D eigenvalue weighted by Crippen LogP contribution is -2.59. The minimum absolute atomic E-state index is 0.109. The molecule has 214 valence electrons. The van der Waals surface area contributed by atoms with E-state index in [2.05, 4.69) is 20.9 Å². The molecule has 39 heavy (non-hydrogen) atoms. The van der Waals surface area contributed by atoms with E-state index in [9.17, 15) is 29.1 Å². The fraction of sp³-hybridized carbons (Fsp3) is 0.519. The highest BCUT2D eigenvalue weighted by Crippen LogP contribution is 2.20. The van der Waals surface area contributed by atoms with Gasteiger partial charge in [0.15, 0.2) is 0 Å². The van der Waals surface area contributed by atoms with Crippen LogP contribution < -0.4 is 21.7 Å². The van der Waals surface area contributed by atoms with Crippen molar-refractivity contribution in [1.82, 2.24) is 20.9 Å². The summed E-state index contributed by atoms with van der Waals surface area (Å²) in [5.41, 5.74) is 7.73. The van der Waals surface area contributed by atoms with Gasteiger partial charge in [-0.2, -0.15) is 0 Å². The molecule has 8 N–H and O–H groups in total. The van der Waals surface area contributed by atoms with Gasteiger partial charge in [0.05, 0.1) is 6.04 Å². The maximum absolute atomic E-state index is 13.5. The number of aliphatic carboxylic acids is 2. The van der Waals surface area contributed by atoms with Gasteiger partial charge in [0.25, 0.3) is 0 Å². The van der Waals surface area contributed by atoms with Gasteiger partial charge in [-0.3, -0.25) is 19.2 Å². The molecule has 1 aromatic carbocycles. The van der Waals surface area contributed by atoms with Crippen LogP contribution in [0.25, 0.3) is 10.9 Å². The van der Waals surface area contributed by atoms with E-state index in [1.165, 1.54) is 0 Å². The minimum atomic E-state index is -1.44. The van der Waals surface area contributed by atoms with E-state index in [4.69, 9.17) is 10.8 Å². The molecule has 5 unspecified atom stereocenters. The normalized spacial score (nSPS) is 15.1. The molecule has 12 heteroatoms. The Morgan fingerprint density at radius 3 is 2.15 bits per heavy atom. The van der Waals surface area contributed by atoms with E-state index >= 15 is 0 Å². The van der Waals surface area contributed by atoms with Crippen LogP contribution in [0.15, 0.2) is 30.5 Å². The number of nitrogens with two attached hydrogens (primary N) is 1. The van der Waals surface area contributed by atoms with Crippen LogP contribution >= 0.6 is 0 Å². The van der Waals surface area contributed by atoms with Crippen molar-refractivity contribution >= 4 is 40.6 Å². The molecule has 1 heterocycles. The summed E-state index contributed by atoms with van der Waals surface area (Å²) in [7, 11) is 0. The number of carbonyl (C=O) groups excluding carboxylic acids is 3. The Morgan fingerprint density at radius 2 is 1.56 bits per heavy atom. The van der Waals surface area contributed by atoms with Crippen molar-refractivity contribution in [2.75, 3.05) is 0 Å². The molecule has 0 radical (unpaired) electrons. The number of para-hydroxylation sites is 1. The second-order valence-electron chi connectivity index (χ2n) is 10.1. The summed E-state index contributed by atoms with van der Waals surface area (Å²) >= 11 is 0. The van der Waals surface area contributed by atoms with Gasteiger partial charge in [-0.15, -0.1) is 0 Å². The first-order chi connectivity index (χ1) is 18.3. The summed E-state index contributed by atoms with van der Waals surface area (Å²) in [4.78, 5) is 65.0. The third-order valence-electron chi connectivity index (χ3n) is 6.80. The summed E-state index contributed by atoms with van der Waals surface area (Å²) in [5, 5.41) is 26.9. The summed E-state index contributed by atoms with van der Waals surface area (Å²) in [6.07, 6.45) is 1.75. The van der Waals surface area contributed by atoms with Gasteiger partial charge in [0, 0.05) is 29.9 Å². The first-order valence-corrected chi connectivity index (χ1v) is 13.0. The van der Waals surface area contributed by atoms with Crippen LogP contribution in [-0.4, -0.2) is 69.0 Å². The third kappa shape index (κ3) is 8.81. The van der Waals surface area contributed by atoms with E-state index < -0.39 is 66.2 Å². The fourth-order valence-corrected chi connectivity index (χ4v) is 4.09. The molecule has 3 amide bonds. The number of nitrogens with one attached hydrogen (secondary N) is 4. The number of carboxylic acid groups (broad SMARTS) is 2. The van der Waals surface area contributed by atoms with Gasteiger partial charge in [0.2, 0.25) is 17.7 Å². The predicted molar refractivity (Wildman–Crippen MR) is 145 cm³/mol. The van der Waals surface area contributed by atoms with E-state index in [1.54, 1.807) is 20.0 Å². The van der Waals surface area contributed by atoms with Gasteiger partial charge in [-0.05, 0) is 29.9 Å². The van der Waals surface area contributed by atoms with E-state index in [1.807, 2.05) is 38.1 Å². The Hall–Kier alpha value is -3.93. The van der Waals surface area contributed by atoms with Crippen molar-refractivity contribution in [3.05, 3.63) is 36.0 Å². The first kappa shape index (κ1) is 31.3. The zero-order valence-corrected chi connectivity index (χ0v) is 22.7. The Morgan fingerprint density at radius 1 is 0.923 bits per heavy atom. The van der Waals surface area contributed by atoms with Gasteiger partial charge < -0.3 is 36.9 Å². The SMILES string of the molecule is CCC(C)C(N)C(=O)NC(Cc1c[nH]c2ccccc12)C(=O)NC(C(=O)NC(CCC(=O)O)C(=O)O)C(C)C. The predicted octanol–water partition coefficient (Wildman–Crippen LogP) is 1.14. The van der Waals surface area contributed by atoms with Crippen LogP contribution in [0.2, 0.25) is 0 Å². The number of carbonyl (C=O) groups is 5. The Kier molecular flexibility index (Phi) is 11.5. The van der Waals surface area contributed by atoms with Gasteiger partial charge in [-0.25, -0.2) is 4.79 Å². The molecule has 0 saturated heterocycles. The van der Waals surface area contributed by atoms with Crippen LogP contribution in [0.4, 0.5) is 0 Å². The quantitative estimate of drug-likeness (QED) is 0.172. The lowest BCUT2D eigenvalue weighted by molar-refractivity contribution is -0.143. The maximum Gasteiger partial charge on any atom is 0.326 e. The largest absolute Gasteiger partial charge is 0.481 e. The van der Waals surface area contributed by atoms with Gasteiger partial charge in [0.1, 0.15) is 18.1 Å². The average molecular weight is 546 g/mol. The van der Waals surface area contributed by atoms with Crippen molar-refractivity contribution in [2.24, 2.45) is 17.6 Å². The molecule has 2 aromatic rings. The zero-order valence-electron chi connectivity index (χ0n) is 22.7. The van der Waals surface area contributed by atoms with Crippen molar-refractivity contribution in [3.8, 4) is 0 Å². The average Bonchev–Trinajstić information content (AvgIpc) is 3.30. The second kappa shape index (κ2) is 14.3. The molecule has 0 saturated carbocycles. The van der Waals surface area contributed by atoms with Crippen molar-refractivity contribution in [3.63, 3.8) is 0 Å². The molecule has 0 bridgehead atoms. The highest BCUT2D eigenvalue weighted by atomic mass is 16.4. The number of hydrogen-bond acceptors (Lipinski definition) is 6. The topological polar surface area (TPSA) is 204 Å². The number of aromatic nitrogens is 1. The first-order valence-electron chi connectivity index (χ1n) is 13.0. The number of aromatic amines is 1. The van der Waals surface area contributed by atoms with Crippen molar-refractivity contribution in [2.45, 2.75) is 77.5 Å². The second-order valence-corrected chi connectivity index (χ2v) is 10.1. The van der Waals surface area contributed by atoms with Crippen molar-refractivity contribution < 1.29 is 34.2 Å². The molecule has 2 rings (SSSR count). The number of hydrogen-bond donors (Lipinski definition) is 7. The van der Waals surface area contributed by atoms with E-state index in [-0.39, 0.29) is 18.8 Å². The summed E-state index contributed by atoms with van der Waals surface area (Å²) in [6.45, 7) is 7.08. The molecule has 0 spiro atoms. The van der Waals surface area contributed by atoms with E-state index in [0.717, 1.165) is 16.5 Å². The zero-order chi connectivity index (χ0) is 29.3. The number of fused-ring (bicyclic) bond motifs is 1. The molecular weight excluding hydrogens is 506 g/mol.